The Morgan fingerprint density at radius 3 is 1.09 bits per heavy atom. The van der Waals surface area contributed by atoms with Crippen LogP contribution < -0.4 is 42.5 Å². The maximum Gasteiger partial charge on any atom is 0.325 e. The van der Waals surface area contributed by atoms with E-state index < -0.39 is 41.0 Å². The molecule has 1 heterocycles. The Balaban J connectivity index is 2.83. The van der Waals surface area contributed by atoms with Crippen LogP contribution in [0.15, 0.2) is 0 Å². The van der Waals surface area contributed by atoms with E-state index in [0.717, 1.165) is 30.6 Å². The van der Waals surface area contributed by atoms with Crippen molar-refractivity contribution >= 4 is 77.0 Å². The molecule has 0 spiro atoms. The maximum atomic E-state index is 12.7. The lowest BCUT2D eigenvalue weighted by atomic mass is 9.84. The fourth-order valence-electron chi connectivity index (χ4n) is 7.98. The van der Waals surface area contributed by atoms with E-state index >= 15 is 0 Å². The second-order valence-electron chi connectivity index (χ2n) is 19.7. The summed E-state index contributed by atoms with van der Waals surface area (Å²) in [6.07, 6.45) is 7.10. The highest BCUT2D eigenvalue weighted by atomic mass is 16.5. The summed E-state index contributed by atoms with van der Waals surface area (Å²) in [6.45, 7) is 3.02. The molecule has 1 fully saturated rings. The van der Waals surface area contributed by atoms with Gasteiger partial charge in [0.1, 0.15) is 19.6 Å². The minimum atomic E-state index is -0.766. The summed E-state index contributed by atoms with van der Waals surface area (Å²) in [4.78, 5) is 158. The number of esters is 3. The van der Waals surface area contributed by atoms with Crippen LogP contribution in [0.1, 0.15) is 135 Å². The number of imide groups is 1. The van der Waals surface area contributed by atoms with Crippen LogP contribution in [-0.4, -0.2) is 202 Å². The number of nitrogens with zero attached hydrogens (tertiary/aromatic N) is 1. The summed E-state index contributed by atoms with van der Waals surface area (Å²) < 4.78 is 31.9. The first kappa shape index (κ1) is 73.2. The van der Waals surface area contributed by atoms with Gasteiger partial charge in [-0.3, -0.25) is 67.2 Å². The Kier molecular flexibility index (Phi) is 40.9. The average molecular weight is 1170 g/mol. The number of rotatable bonds is 49. The fourth-order valence-corrected chi connectivity index (χ4v) is 7.98. The first-order valence-corrected chi connectivity index (χ1v) is 28.2. The molecule has 0 saturated carbocycles. The lowest BCUT2D eigenvalue weighted by Crippen LogP contribution is -2.40. The Labute approximate surface area is 480 Å². The number of ether oxygens (including phenoxy) is 6. The van der Waals surface area contributed by atoms with Gasteiger partial charge < -0.3 is 71.0 Å². The highest BCUT2D eigenvalue weighted by Gasteiger charge is 2.35. The molecule has 0 aromatic carbocycles. The van der Waals surface area contributed by atoms with Gasteiger partial charge in [-0.2, -0.15) is 0 Å². The average Bonchev–Trinajstić information content (AvgIpc) is 3.80. The first-order valence-electron chi connectivity index (χ1n) is 28.2. The van der Waals surface area contributed by atoms with E-state index in [1.165, 1.54) is 21.3 Å². The van der Waals surface area contributed by atoms with Gasteiger partial charge in [0.2, 0.25) is 59.1 Å². The lowest BCUT2D eigenvalue weighted by molar-refractivity contribution is -0.141. The van der Waals surface area contributed by atoms with Crippen molar-refractivity contribution in [3.63, 3.8) is 0 Å². The van der Waals surface area contributed by atoms with Crippen LogP contribution in [-0.2, 0) is 90.8 Å². The van der Waals surface area contributed by atoms with E-state index in [-0.39, 0.29) is 203 Å². The molecular formula is C54H91N9O19. The second-order valence-corrected chi connectivity index (χ2v) is 19.7. The van der Waals surface area contributed by atoms with Crippen LogP contribution in [0.3, 0.4) is 0 Å². The van der Waals surface area contributed by atoms with Gasteiger partial charge in [-0.25, -0.2) is 0 Å². The third-order valence-corrected chi connectivity index (χ3v) is 12.7. The van der Waals surface area contributed by atoms with E-state index in [4.69, 9.17) is 14.2 Å². The van der Waals surface area contributed by atoms with Crippen molar-refractivity contribution < 1.29 is 90.8 Å². The number of hydrogen-bond acceptors (Lipinski definition) is 19. The molecule has 0 radical (unpaired) electrons. The van der Waals surface area contributed by atoms with E-state index in [2.05, 4.69) is 56.7 Å². The third kappa shape index (κ3) is 38.0. The van der Waals surface area contributed by atoms with E-state index in [1.807, 2.05) is 0 Å². The van der Waals surface area contributed by atoms with Gasteiger partial charge in [0.25, 0.3) is 0 Å². The zero-order valence-corrected chi connectivity index (χ0v) is 48.5. The zero-order valence-electron chi connectivity index (χ0n) is 48.5. The molecule has 1 saturated heterocycles. The number of amides is 10. The van der Waals surface area contributed by atoms with Crippen molar-refractivity contribution in [3.8, 4) is 0 Å². The van der Waals surface area contributed by atoms with Crippen molar-refractivity contribution in [1.29, 1.82) is 0 Å². The van der Waals surface area contributed by atoms with Crippen molar-refractivity contribution in [2.45, 2.75) is 135 Å². The van der Waals surface area contributed by atoms with Gasteiger partial charge >= 0.3 is 17.9 Å². The molecule has 1 atom stereocenters. The number of hydrogen-bond donors (Lipinski definition) is 8. The van der Waals surface area contributed by atoms with Crippen LogP contribution in [0.5, 0.6) is 0 Å². The Morgan fingerprint density at radius 1 is 0.415 bits per heavy atom. The predicted octanol–water partition coefficient (Wildman–Crippen LogP) is -0.722. The zero-order chi connectivity index (χ0) is 60.8. The number of carbonyl (C=O) groups excluding carboxylic acids is 13. The van der Waals surface area contributed by atoms with Crippen LogP contribution in [0.2, 0.25) is 0 Å². The Hall–Kier alpha value is -6.81. The summed E-state index contributed by atoms with van der Waals surface area (Å²) in [5, 5.41) is 21.3. The van der Waals surface area contributed by atoms with E-state index in [0.29, 0.717) is 45.2 Å². The van der Waals surface area contributed by atoms with Gasteiger partial charge in [-0.05, 0) is 51.4 Å². The third-order valence-electron chi connectivity index (χ3n) is 12.7. The highest BCUT2D eigenvalue weighted by Crippen LogP contribution is 2.28. The van der Waals surface area contributed by atoms with Crippen molar-refractivity contribution in [2.24, 2.45) is 11.3 Å². The van der Waals surface area contributed by atoms with Crippen LogP contribution in [0.4, 0.5) is 0 Å². The fraction of sp³-hybridized carbons (Fsp3) is 0.759. The lowest BCUT2D eigenvalue weighted by Gasteiger charge is -2.33. The quantitative estimate of drug-likeness (QED) is 0.0161. The molecule has 0 aromatic heterocycles. The minimum absolute atomic E-state index is 0.0328. The van der Waals surface area contributed by atoms with Gasteiger partial charge in [0.15, 0.2) is 0 Å². The smallest absolute Gasteiger partial charge is 0.325 e. The topological polar surface area (TPSA) is 377 Å². The molecule has 466 valence electrons. The molecule has 82 heavy (non-hydrogen) atoms. The summed E-state index contributed by atoms with van der Waals surface area (Å²) in [5.41, 5.74) is -0.766. The number of carbonyl (C=O) groups is 13. The number of unbranched alkanes of at least 4 members (excludes halogenated alkanes) is 5. The number of methoxy groups -OCH3 is 3. The van der Waals surface area contributed by atoms with E-state index in [9.17, 15) is 62.3 Å². The molecule has 1 aliphatic rings. The largest absolute Gasteiger partial charge is 0.468 e. The monoisotopic (exact) mass is 1170 g/mol. The Bertz CT molecular complexity index is 1880. The van der Waals surface area contributed by atoms with Crippen molar-refractivity contribution in [1.82, 2.24) is 47.4 Å². The van der Waals surface area contributed by atoms with E-state index in [1.54, 1.807) is 6.92 Å². The number of nitrogens with one attached hydrogen (secondary N) is 8. The molecule has 0 bridgehead atoms. The highest BCUT2D eigenvalue weighted by molar-refractivity contribution is 6.03. The maximum absolute atomic E-state index is 12.7. The van der Waals surface area contributed by atoms with Crippen LogP contribution in [0, 0.1) is 11.3 Å². The standard InChI is InChI=1S/C54H91N9O19/c1-40-33-49(72)63(53(40)76)29-22-48(71)56-25-11-7-10-24-55-41(64)15-8-5-6-9-23-54(37-80-30-26-57-42(65)16-12-19-45(68)60-34-50(73)77-2,38-81-31-27-58-43(66)17-13-20-46(69)61-35-51(74)78-3)39-82-32-28-59-44(67)18-14-21-47(70)62-36-52(75)79-4/h40H,5-39H2,1-4H3,(H,55,64)(H,56,71)(H,57,65)(H,58,66)(H,59,67)(H,60,68)(H,61,69)(H,62,70). The molecule has 0 aliphatic carbocycles. The molecule has 1 unspecified atom stereocenters. The Morgan fingerprint density at radius 2 is 0.732 bits per heavy atom. The summed E-state index contributed by atoms with van der Waals surface area (Å²) in [6, 6.07) is 0. The van der Waals surface area contributed by atoms with Gasteiger partial charge in [-0.15, -0.1) is 0 Å². The molecule has 1 aliphatic heterocycles. The molecule has 8 N–H and O–H groups in total. The summed E-state index contributed by atoms with van der Waals surface area (Å²) in [7, 11) is 3.61. The van der Waals surface area contributed by atoms with Crippen LogP contribution in [0.25, 0.3) is 0 Å². The van der Waals surface area contributed by atoms with Crippen molar-refractivity contribution in [2.75, 3.05) is 120 Å². The minimum Gasteiger partial charge on any atom is -0.468 e. The second kappa shape index (κ2) is 45.8. The SMILES string of the molecule is COC(=O)CNC(=O)CCCC(=O)NCCOCC(CCCCCCC(=O)NCCCCCNC(=O)CCN1C(=O)CC(C)C1=O)(COCCNC(=O)CCCC(=O)NCC(=O)OC)COCCNC(=O)CCCC(=O)NCC(=O)OC. The molecule has 10 amide bonds. The molecule has 1 rings (SSSR count). The predicted molar refractivity (Wildman–Crippen MR) is 293 cm³/mol. The number of likely N-dealkylation sites (tertiary alicyclic amines) is 1. The van der Waals surface area contributed by atoms with Gasteiger partial charge in [0, 0.05) is 108 Å². The van der Waals surface area contributed by atoms with Crippen molar-refractivity contribution in [3.05, 3.63) is 0 Å². The van der Waals surface area contributed by atoms with Crippen LogP contribution >= 0.6 is 0 Å². The molecular weight excluding hydrogens is 1080 g/mol. The van der Waals surface area contributed by atoms with Gasteiger partial charge in [0.05, 0.1) is 61.0 Å². The summed E-state index contributed by atoms with van der Waals surface area (Å²) in [5.74, 6) is -5.05. The first-order chi connectivity index (χ1) is 39.3. The summed E-state index contributed by atoms with van der Waals surface area (Å²) >= 11 is 0. The molecule has 0 aromatic rings. The normalized spacial score (nSPS) is 12.9. The van der Waals surface area contributed by atoms with Gasteiger partial charge in [-0.1, -0.05) is 26.2 Å². The molecule has 28 nitrogen and oxygen atoms in total. The molecule has 28 heteroatoms.